The van der Waals surface area contributed by atoms with Crippen LogP contribution in [0.15, 0.2) is 35.5 Å². The molecule has 0 aromatic carbocycles. The summed E-state index contributed by atoms with van der Waals surface area (Å²) in [5.74, 6) is 0. The third-order valence-corrected chi connectivity index (χ3v) is 1.47. The fourth-order valence-corrected chi connectivity index (χ4v) is 0.959. The minimum Gasteiger partial charge on any atom is 0 e. The zero-order valence-electron chi connectivity index (χ0n) is 7.04. The molecule has 72 valence electrons. The first-order chi connectivity index (χ1) is 6.47. The quantitative estimate of drug-likeness (QED) is 0.354. The van der Waals surface area contributed by atoms with Crippen LogP contribution in [0.2, 0.25) is 0 Å². The zero-order valence-corrected chi connectivity index (χ0v) is 8.15. The van der Waals surface area contributed by atoms with E-state index in [4.69, 9.17) is 19.5 Å². The molecule has 14 heavy (non-hydrogen) atoms. The molecular weight excluding hydrogens is 226 g/mol. The Hall–Kier alpha value is -1.11. The van der Waals surface area contributed by atoms with Crippen LogP contribution >= 0.6 is 0 Å². The van der Waals surface area contributed by atoms with E-state index in [0.29, 0.717) is 0 Å². The van der Waals surface area contributed by atoms with E-state index in [1.54, 1.807) is 0 Å². The Morgan fingerprint density at radius 3 is 1.64 bits per heavy atom. The monoisotopic (exact) mass is 232 g/mol. The zero-order chi connectivity index (χ0) is 10.7. The summed E-state index contributed by atoms with van der Waals surface area (Å²) in [5.41, 5.74) is 8.71. The normalized spacial score (nSPS) is 11.9. The molecule has 2 aliphatic carbocycles. The van der Waals surface area contributed by atoms with Gasteiger partial charge in [0.2, 0.25) is 0 Å². The van der Waals surface area contributed by atoms with Gasteiger partial charge < -0.3 is 0 Å². The van der Waals surface area contributed by atoms with Crippen molar-refractivity contribution in [1.82, 2.24) is 0 Å². The van der Waals surface area contributed by atoms with E-state index in [2.05, 4.69) is 37.6 Å². The van der Waals surface area contributed by atoms with Gasteiger partial charge in [0, 0.05) is 17.1 Å². The number of hydrogen-bond acceptors (Lipinski definition) is 1. The van der Waals surface area contributed by atoms with Gasteiger partial charge in [-0.05, 0) is 17.6 Å². The van der Waals surface area contributed by atoms with Crippen LogP contribution in [0.5, 0.6) is 0 Å². The van der Waals surface area contributed by atoms with Gasteiger partial charge >= 0.3 is 32.8 Å². The molecule has 0 saturated carbocycles. The second kappa shape index (κ2) is 14.4. The Labute approximate surface area is 92.2 Å². The van der Waals surface area contributed by atoms with Gasteiger partial charge in [-0.2, -0.15) is 0 Å². The van der Waals surface area contributed by atoms with Crippen LogP contribution in [0.3, 0.4) is 0 Å². The summed E-state index contributed by atoms with van der Waals surface area (Å²) in [5, 5.41) is 0. The minimum absolute atomic E-state index is 0. The Morgan fingerprint density at radius 2 is 1.50 bits per heavy atom. The maximum atomic E-state index is 7.50. The first-order valence-electron chi connectivity index (χ1n) is 3.14. The molecule has 0 spiro atoms. The summed E-state index contributed by atoms with van der Waals surface area (Å²) in [4.78, 5) is 0. The maximum absolute atomic E-state index is 7.50. The fraction of sp³-hybridized carbons (Fsp3) is 0.111. The molecule has 4 nitrogen and oxygen atoms in total. The van der Waals surface area contributed by atoms with Crippen LogP contribution in [-0.2, 0) is 31.1 Å². The molecule has 0 unspecified atom stereocenters. The van der Waals surface area contributed by atoms with Gasteiger partial charge in [-0.1, -0.05) is 24.3 Å². The van der Waals surface area contributed by atoms with Crippen molar-refractivity contribution in [1.29, 1.82) is 5.46 Å². The molecule has 0 amide bonds. The largest absolute Gasteiger partial charge is 0 e. The molecule has 0 N–H and O–H groups in total. The maximum Gasteiger partial charge on any atom is 0 e. The van der Waals surface area contributed by atoms with Gasteiger partial charge in [-0.25, -0.2) is 0 Å². The Balaban J connectivity index is -0.000000153. The van der Waals surface area contributed by atoms with Crippen molar-refractivity contribution >= 4 is 0 Å². The summed E-state index contributed by atoms with van der Waals surface area (Å²) in [7, 11) is 0. The predicted molar refractivity (Wildman–Crippen MR) is 40.2 cm³/mol. The van der Waals surface area contributed by atoms with E-state index in [0.717, 1.165) is 0 Å². The van der Waals surface area contributed by atoms with E-state index >= 15 is 0 Å². The Kier molecular flexibility index (Phi) is 19.2. The molecule has 0 aromatic rings. The van der Waals surface area contributed by atoms with Crippen LogP contribution in [0.1, 0.15) is 6.42 Å². The molecule has 0 aliphatic heterocycles. The van der Waals surface area contributed by atoms with E-state index in [1.165, 1.54) is 17.6 Å². The molecule has 2 aliphatic rings. The molecular formula is C9H6FeNO3+. The molecule has 0 saturated heterocycles. The van der Waals surface area contributed by atoms with Gasteiger partial charge in [-0.15, -0.1) is 0 Å². The van der Waals surface area contributed by atoms with Gasteiger partial charge in [0.05, 0.1) is 0 Å². The van der Waals surface area contributed by atoms with Crippen molar-refractivity contribution in [2.75, 3.05) is 0 Å². The number of rotatable bonds is 0. The van der Waals surface area contributed by atoms with Crippen molar-refractivity contribution in [3.05, 3.63) is 48.8 Å². The van der Waals surface area contributed by atoms with Crippen LogP contribution in [-0.4, -0.2) is 0 Å². The molecule has 0 radical (unpaired) electrons. The molecule has 0 fully saturated rings. The topological polar surface area (TPSA) is 83.5 Å². The molecule has 5 heteroatoms. The number of allylic oxidation sites excluding steroid dienone is 6. The van der Waals surface area contributed by atoms with Crippen molar-refractivity contribution in [3.8, 4) is 0 Å². The molecule has 0 bridgehead atoms. The second-order valence-corrected chi connectivity index (χ2v) is 1.92. The van der Waals surface area contributed by atoms with E-state index in [1.807, 2.05) is 0 Å². The predicted octanol–water partition coefficient (Wildman–Crippen LogP) is 1.63. The standard InChI is InChI=1S/C7H6.2CO.Fe.NO/c1-2-6-4-5-7(6)3-1;2*1-2;;1-2/h1-2,4-5H,3H2;;;;/q;;;;+1. The summed E-state index contributed by atoms with van der Waals surface area (Å²) in [6.07, 6.45) is 9.88. The van der Waals surface area contributed by atoms with Gasteiger partial charge in [-0.3, -0.25) is 0 Å². The van der Waals surface area contributed by atoms with Crippen LogP contribution in [0, 0.1) is 18.8 Å². The van der Waals surface area contributed by atoms with Crippen molar-refractivity contribution in [2.45, 2.75) is 6.42 Å². The Bertz CT molecular complexity index is 283. The summed E-state index contributed by atoms with van der Waals surface area (Å²) in [6.45, 7) is 9.00. The summed E-state index contributed by atoms with van der Waals surface area (Å²) < 4.78 is 22.2. The fourth-order valence-electron chi connectivity index (χ4n) is 0.959. The van der Waals surface area contributed by atoms with E-state index in [-0.39, 0.29) is 17.1 Å². The Morgan fingerprint density at radius 1 is 1.00 bits per heavy atom. The average molecular weight is 232 g/mol. The van der Waals surface area contributed by atoms with E-state index in [9.17, 15) is 0 Å². The van der Waals surface area contributed by atoms with Gasteiger partial charge in [0.1, 0.15) is 0 Å². The first-order valence-corrected chi connectivity index (χ1v) is 3.14. The first kappa shape index (κ1) is 18.6. The van der Waals surface area contributed by atoms with Gasteiger partial charge in [0.15, 0.2) is 0 Å². The van der Waals surface area contributed by atoms with Crippen LogP contribution < -0.4 is 0 Å². The van der Waals surface area contributed by atoms with Crippen molar-refractivity contribution in [3.63, 3.8) is 0 Å². The van der Waals surface area contributed by atoms with Gasteiger partial charge in [0.25, 0.3) is 0 Å². The molecule has 0 heterocycles. The molecule has 0 atom stereocenters. The van der Waals surface area contributed by atoms with Crippen molar-refractivity contribution in [2.24, 2.45) is 0 Å². The van der Waals surface area contributed by atoms with E-state index < -0.39 is 0 Å². The second-order valence-electron chi connectivity index (χ2n) is 1.92. The summed E-state index contributed by atoms with van der Waals surface area (Å²) in [6, 6.07) is 0. The minimum atomic E-state index is 0. The smallest absolute Gasteiger partial charge is 0 e. The third-order valence-electron chi connectivity index (χ3n) is 1.47. The third kappa shape index (κ3) is 5.52. The average Bonchev–Trinajstić information content (AvgIpc) is 2.55. The number of nitrogens with zero attached hydrogens (tertiary/aromatic N) is 1. The van der Waals surface area contributed by atoms with Crippen molar-refractivity contribution < 1.29 is 31.1 Å². The molecule has 0 aromatic heterocycles. The molecule has 2 rings (SSSR count). The number of hydrogen-bond donors (Lipinski definition) is 0. The summed E-state index contributed by atoms with van der Waals surface area (Å²) >= 11 is 0. The SMILES string of the molecule is C1=CC2=C(C=C2)C1.N#[O+].[C-]#[O+].[C-]#[O+].[Fe]. The van der Waals surface area contributed by atoms with Crippen LogP contribution in [0.4, 0.5) is 0 Å². The van der Waals surface area contributed by atoms with Crippen LogP contribution in [0.25, 0.3) is 0 Å².